The van der Waals surface area contributed by atoms with Crippen LogP contribution in [-0.2, 0) is 6.54 Å². The molecule has 0 aliphatic carbocycles. The fraction of sp³-hybridized carbons (Fsp3) is 0.211. The van der Waals surface area contributed by atoms with Crippen molar-refractivity contribution in [1.29, 1.82) is 0 Å². The maximum Gasteiger partial charge on any atom is 0.163 e. The first kappa shape index (κ1) is 14.6. The van der Waals surface area contributed by atoms with Gasteiger partial charge in [-0.2, -0.15) is 5.10 Å². The normalized spacial score (nSPS) is 12.9. The molecular weight excluding hydrogens is 302 g/mol. The highest BCUT2D eigenvalue weighted by atomic mass is 16.6. The number of fused-ring (bicyclic) bond motifs is 1. The molecule has 0 bridgehead atoms. The van der Waals surface area contributed by atoms with E-state index in [1.165, 1.54) is 5.56 Å². The predicted octanol–water partition coefficient (Wildman–Crippen LogP) is 3.77. The number of anilines is 1. The molecule has 5 nitrogen and oxygen atoms in total. The smallest absolute Gasteiger partial charge is 0.163 e. The number of aromatic amines is 1. The molecule has 0 amide bonds. The van der Waals surface area contributed by atoms with Crippen LogP contribution in [0.5, 0.6) is 11.5 Å². The second-order valence-corrected chi connectivity index (χ2v) is 5.85. The standard InChI is InChI=1S/C19H19N3O2/c1-13-2-4-14(5-3-13)19-15(12-21-22-19)11-20-16-6-7-17-18(10-16)24-9-8-23-17/h2-7,10,12,20H,8-9,11H2,1H3,(H,21,22). The Hall–Kier alpha value is -2.95. The lowest BCUT2D eigenvalue weighted by Gasteiger charge is -2.19. The van der Waals surface area contributed by atoms with Crippen LogP contribution in [-0.4, -0.2) is 23.4 Å². The van der Waals surface area contributed by atoms with Crippen LogP contribution in [0.3, 0.4) is 0 Å². The molecule has 1 aliphatic rings. The van der Waals surface area contributed by atoms with Crippen LogP contribution in [0.15, 0.2) is 48.7 Å². The summed E-state index contributed by atoms with van der Waals surface area (Å²) in [7, 11) is 0. The minimum Gasteiger partial charge on any atom is -0.486 e. The van der Waals surface area contributed by atoms with E-state index in [0.29, 0.717) is 19.8 Å². The molecule has 122 valence electrons. The monoisotopic (exact) mass is 321 g/mol. The van der Waals surface area contributed by atoms with E-state index in [1.807, 2.05) is 24.4 Å². The van der Waals surface area contributed by atoms with Gasteiger partial charge in [-0.25, -0.2) is 0 Å². The van der Waals surface area contributed by atoms with Gasteiger partial charge < -0.3 is 14.8 Å². The fourth-order valence-corrected chi connectivity index (χ4v) is 2.77. The van der Waals surface area contributed by atoms with Crippen LogP contribution in [0.1, 0.15) is 11.1 Å². The quantitative estimate of drug-likeness (QED) is 0.768. The Morgan fingerprint density at radius 2 is 1.83 bits per heavy atom. The van der Waals surface area contributed by atoms with E-state index in [4.69, 9.17) is 9.47 Å². The van der Waals surface area contributed by atoms with Gasteiger partial charge in [0.05, 0.1) is 11.9 Å². The van der Waals surface area contributed by atoms with Crippen molar-refractivity contribution in [2.24, 2.45) is 0 Å². The van der Waals surface area contributed by atoms with Crippen molar-refractivity contribution in [1.82, 2.24) is 10.2 Å². The number of H-pyrrole nitrogens is 1. The highest BCUT2D eigenvalue weighted by Gasteiger charge is 2.12. The van der Waals surface area contributed by atoms with Gasteiger partial charge in [0.25, 0.3) is 0 Å². The first-order valence-corrected chi connectivity index (χ1v) is 8.02. The molecule has 0 fully saturated rings. The van der Waals surface area contributed by atoms with E-state index in [9.17, 15) is 0 Å². The Morgan fingerprint density at radius 1 is 1.04 bits per heavy atom. The van der Waals surface area contributed by atoms with Crippen molar-refractivity contribution >= 4 is 5.69 Å². The van der Waals surface area contributed by atoms with Gasteiger partial charge in [-0.3, -0.25) is 5.10 Å². The second kappa shape index (κ2) is 6.28. The highest BCUT2D eigenvalue weighted by Crippen LogP contribution is 2.33. The lowest BCUT2D eigenvalue weighted by Crippen LogP contribution is -2.15. The van der Waals surface area contributed by atoms with Crippen molar-refractivity contribution < 1.29 is 9.47 Å². The van der Waals surface area contributed by atoms with Crippen LogP contribution in [0, 0.1) is 6.92 Å². The maximum atomic E-state index is 5.62. The van der Waals surface area contributed by atoms with Gasteiger partial charge in [-0.1, -0.05) is 29.8 Å². The number of ether oxygens (including phenoxy) is 2. The topological polar surface area (TPSA) is 59.2 Å². The largest absolute Gasteiger partial charge is 0.486 e. The molecule has 0 spiro atoms. The average molecular weight is 321 g/mol. The first-order chi connectivity index (χ1) is 11.8. The molecule has 2 N–H and O–H groups in total. The number of hydrogen-bond donors (Lipinski definition) is 2. The third-order valence-electron chi connectivity index (χ3n) is 4.08. The summed E-state index contributed by atoms with van der Waals surface area (Å²) in [6.07, 6.45) is 1.86. The van der Waals surface area contributed by atoms with Gasteiger partial charge in [-0.15, -0.1) is 0 Å². The summed E-state index contributed by atoms with van der Waals surface area (Å²) in [5.74, 6) is 1.59. The van der Waals surface area contributed by atoms with E-state index in [1.54, 1.807) is 0 Å². The van der Waals surface area contributed by atoms with Crippen molar-refractivity contribution in [3.05, 3.63) is 59.8 Å². The zero-order valence-corrected chi connectivity index (χ0v) is 13.5. The Bertz CT molecular complexity index is 840. The summed E-state index contributed by atoms with van der Waals surface area (Å²) < 4.78 is 11.2. The van der Waals surface area contributed by atoms with Gasteiger partial charge in [0.15, 0.2) is 11.5 Å². The zero-order chi connectivity index (χ0) is 16.4. The molecule has 1 aromatic heterocycles. The Balaban J connectivity index is 1.51. The molecule has 5 heteroatoms. The van der Waals surface area contributed by atoms with Crippen molar-refractivity contribution in [3.63, 3.8) is 0 Å². The van der Waals surface area contributed by atoms with E-state index in [-0.39, 0.29) is 0 Å². The molecule has 24 heavy (non-hydrogen) atoms. The second-order valence-electron chi connectivity index (χ2n) is 5.85. The van der Waals surface area contributed by atoms with Gasteiger partial charge >= 0.3 is 0 Å². The minimum absolute atomic E-state index is 0.593. The molecule has 2 heterocycles. The lowest BCUT2D eigenvalue weighted by molar-refractivity contribution is 0.171. The van der Waals surface area contributed by atoms with E-state index < -0.39 is 0 Å². The number of hydrogen-bond acceptors (Lipinski definition) is 4. The third-order valence-corrected chi connectivity index (χ3v) is 4.08. The lowest BCUT2D eigenvalue weighted by atomic mass is 10.1. The summed E-state index contributed by atoms with van der Waals surface area (Å²) in [4.78, 5) is 0. The number of nitrogens with one attached hydrogen (secondary N) is 2. The zero-order valence-electron chi connectivity index (χ0n) is 13.5. The molecule has 0 unspecified atom stereocenters. The summed E-state index contributed by atoms with van der Waals surface area (Å²) in [5, 5.41) is 10.7. The number of rotatable bonds is 4. The number of aryl methyl sites for hydroxylation is 1. The van der Waals surface area contributed by atoms with Gasteiger partial charge in [0.1, 0.15) is 13.2 Å². The van der Waals surface area contributed by atoms with Gasteiger partial charge in [-0.05, 0) is 24.6 Å². The molecule has 4 rings (SSSR count). The van der Waals surface area contributed by atoms with Crippen LogP contribution < -0.4 is 14.8 Å². The fourth-order valence-electron chi connectivity index (χ4n) is 2.77. The first-order valence-electron chi connectivity index (χ1n) is 8.02. The summed E-state index contributed by atoms with van der Waals surface area (Å²) in [6.45, 7) is 3.96. The van der Waals surface area contributed by atoms with E-state index >= 15 is 0 Å². The predicted molar refractivity (Wildman–Crippen MR) is 93.5 cm³/mol. The van der Waals surface area contributed by atoms with Crippen molar-refractivity contribution in [3.8, 4) is 22.8 Å². The number of benzene rings is 2. The molecule has 3 aromatic rings. The minimum atomic E-state index is 0.593. The van der Waals surface area contributed by atoms with Crippen LogP contribution in [0.25, 0.3) is 11.3 Å². The number of nitrogens with zero attached hydrogens (tertiary/aromatic N) is 1. The average Bonchev–Trinajstić information content (AvgIpc) is 3.09. The Labute approximate surface area is 140 Å². The van der Waals surface area contributed by atoms with Crippen molar-refractivity contribution in [2.75, 3.05) is 18.5 Å². The molecule has 0 atom stereocenters. The Morgan fingerprint density at radius 3 is 2.67 bits per heavy atom. The molecule has 0 saturated carbocycles. The highest BCUT2D eigenvalue weighted by molar-refractivity contribution is 5.64. The van der Waals surface area contributed by atoms with Crippen LogP contribution >= 0.6 is 0 Å². The number of aromatic nitrogens is 2. The SMILES string of the molecule is Cc1ccc(-c2[nH]ncc2CNc2ccc3c(c2)OCCO3)cc1. The molecule has 2 aromatic carbocycles. The summed E-state index contributed by atoms with van der Waals surface area (Å²) in [6, 6.07) is 14.3. The van der Waals surface area contributed by atoms with Crippen molar-refractivity contribution in [2.45, 2.75) is 13.5 Å². The summed E-state index contributed by atoms with van der Waals surface area (Å²) >= 11 is 0. The summed E-state index contributed by atoms with van der Waals surface area (Å²) in [5.41, 5.74) is 5.54. The molecule has 1 aliphatic heterocycles. The van der Waals surface area contributed by atoms with E-state index in [2.05, 4.69) is 46.7 Å². The maximum absolute atomic E-state index is 5.62. The molecular formula is C19H19N3O2. The molecule has 0 radical (unpaired) electrons. The van der Waals surface area contributed by atoms with Gasteiger partial charge in [0, 0.05) is 23.9 Å². The van der Waals surface area contributed by atoms with Gasteiger partial charge in [0.2, 0.25) is 0 Å². The van der Waals surface area contributed by atoms with Crippen LogP contribution in [0.4, 0.5) is 5.69 Å². The van der Waals surface area contributed by atoms with E-state index in [0.717, 1.165) is 34.0 Å². The van der Waals surface area contributed by atoms with Crippen LogP contribution in [0.2, 0.25) is 0 Å². The third kappa shape index (κ3) is 2.93. The Kier molecular flexibility index (Phi) is 3.83. The molecule has 0 saturated heterocycles.